The summed E-state index contributed by atoms with van der Waals surface area (Å²) in [6, 6.07) is 0. The van der Waals surface area contributed by atoms with E-state index >= 15 is 0 Å². The molecule has 3 heteroatoms. The van der Waals surface area contributed by atoms with Crippen LogP contribution in [0.4, 0.5) is 0 Å². The highest BCUT2D eigenvalue weighted by atomic mass is 16.5. The molecule has 0 aromatic rings. The smallest absolute Gasteiger partial charge is 0.0936 e. The van der Waals surface area contributed by atoms with Crippen LogP contribution in [0, 0.1) is 5.92 Å². The maximum absolute atomic E-state index is 5.68. The van der Waals surface area contributed by atoms with Crippen molar-refractivity contribution in [2.24, 2.45) is 5.92 Å². The van der Waals surface area contributed by atoms with Gasteiger partial charge in [0.25, 0.3) is 0 Å². The molecule has 0 bridgehead atoms. The molecule has 0 radical (unpaired) electrons. The first-order valence-electron chi connectivity index (χ1n) is 5.12. The molecule has 1 aliphatic rings. The van der Waals surface area contributed by atoms with Gasteiger partial charge < -0.3 is 14.8 Å². The molecule has 0 spiro atoms. The lowest BCUT2D eigenvalue weighted by atomic mass is 10.2. The highest BCUT2D eigenvalue weighted by Crippen LogP contribution is 2.04. The fourth-order valence-electron chi connectivity index (χ4n) is 1.41. The summed E-state index contributed by atoms with van der Waals surface area (Å²) in [4.78, 5) is 0. The molecule has 0 aromatic heterocycles. The van der Waals surface area contributed by atoms with Gasteiger partial charge in [0.05, 0.1) is 18.8 Å². The largest absolute Gasteiger partial charge is 0.378 e. The number of morpholine rings is 1. The second kappa shape index (κ2) is 5.58. The predicted octanol–water partition coefficient (Wildman–Crippen LogP) is 1.04. The van der Waals surface area contributed by atoms with E-state index in [0.29, 0.717) is 12.0 Å². The Bertz CT molecular complexity index is 139. The van der Waals surface area contributed by atoms with E-state index in [1.54, 1.807) is 0 Å². The maximum atomic E-state index is 5.68. The van der Waals surface area contributed by atoms with E-state index in [-0.39, 0.29) is 6.10 Å². The molecule has 1 rings (SSSR count). The quantitative estimate of drug-likeness (QED) is 0.713. The van der Waals surface area contributed by atoms with Crippen molar-refractivity contribution in [1.29, 1.82) is 0 Å². The summed E-state index contributed by atoms with van der Waals surface area (Å²) in [7, 11) is 0. The Labute approximate surface area is 80.8 Å². The number of nitrogens with one attached hydrogen (secondary N) is 1. The normalized spacial score (nSPS) is 29.5. The van der Waals surface area contributed by atoms with Crippen molar-refractivity contribution in [3.8, 4) is 0 Å². The van der Waals surface area contributed by atoms with Crippen LogP contribution in [-0.2, 0) is 9.47 Å². The van der Waals surface area contributed by atoms with E-state index in [9.17, 15) is 0 Å². The van der Waals surface area contributed by atoms with Crippen molar-refractivity contribution in [2.45, 2.75) is 33.0 Å². The highest BCUT2D eigenvalue weighted by molar-refractivity contribution is 4.71. The summed E-state index contributed by atoms with van der Waals surface area (Å²) in [6.45, 7) is 9.82. The van der Waals surface area contributed by atoms with Crippen molar-refractivity contribution in [2.75, 3.05) is 26.3 Å². The molecule has 0 amide bonds. The average Bonchev–Trinajstić information content (AvgIpc) is 2.03. The summed E-state index contributed by atoms with van der Waals surface area (Å²) in [5, 5.41) is 3.32. The molecule has 13 heavy (non-hydrogen) atoms. The molecule has 2 atom stereocenters. The molecule has 2 unspecified atom stereocenters. The summed E-state index contributed by atoms with van der Waals surface area (Å²) >= 11 is 0. The van der Waals surface area contributed by atoms with Gasteiger partial charge in [0.2, 0.25) is 0 Å². The van der Waals surface area contributed by atoms with E-state index in [0.717, 1.165) is 26.3 Å². The zero-order chi connectivity index (χ0) is 9.68. The Morgan fingerprint density at radius 3 is 2.85 bits per heavy atom. The van der Waals surface area contributed by atoms with Crippen molar-refractivity contribution in [3.05, 3.63) is 0 Å². The minimum atomic E-state index is 0.238. The Morgan fingerprint density at radius 2 is 2.23 bits per heavy atom. The minimum absolute atomic E-state index is 0.238. The molecule has 0 aliphatic carbocycles. The monoisotopic (exact) mass is 187 g/mol. The van der Waals surface area contributed by atoms with Crippen LogP contribution >= 0.6 is 0 Å². The SMILES string of the molecule is CC(C)COCC1CNCC(C)O1. The minimum Gasteiger partial charge on any atom is -0.378 e. The lowest BCUT2D eigenvalue weighted by molar-refractivity contribution is -0.0715. The Balaban J connectivity index is 2.06. The van der Waals surface area contributed by atoms with Gasteiger partial charge in [-0.15, -0.1) is 0 Å². The van der Waals surface area contributed by atoms with Gasteiger partial charge in [-0.1, -0.05) is 13.8 Å². The van der Waals surface area contributed by atoms with Crippen LogP contribution < -0.4 is 5.32 Å². The van der Waals surface area contributed by atoms with Crippen LogP contribution in [0.2, 0.25) is 0 Å². The molecule has 0 aromatic carbocycles. The molecular weight excluding hydrogens is 166 g/mol. The third-order valence-corrected chi connectivity index (χ3v) is 1.98. The van der Waals surface area contributed by atoms with Gasteiger partial charge in [-0.3, -0.25) is 0 Å². The number of hydrogen-bond acceptors (Lipinski definition) is 3. The highest BCUT2D eigenvalue weighted by Gasteiger charge is 2.18. The van der Waals surface area contributed by atoms with Gasteiger partial charge >= 0.3 is 0 Å². The fraction of sp³-hybridized carbons (Fsp3) is 1.00. The van der Waals surface area contributed by atoms with Crippen LogP contribution in [0.3, 0.4) is 0 Å². The van der Waals surface area contributed by atoms with Crippen LogP contribution in [0.15, 0.2) is 0 Å². The first-order chi connectivity index (χ1) is 6.18. The Hall–Kier alpha value is -0.120. The van der Waals surface area contributed by atoms with E-state index in [2.05, 4.69) is 26.1 Å². The zero-order valence-corrected chi connectivity index (χ0v) is 8.88. The van der Waals surface area contributed by atoms with Crippen molar-refractivity contribution >= 4 is 0 Å². The van der Waals surface area contributed by atoms with E-state index in [1.165, 1.54) is 0 Å². The molecular formula is C10H21NO2. The first kappa shape index (κ1) is 11.0. The summed E-state index contributed by atoms with van der Waals surface area (Å²) < 4.78 is 11.2. The maximum Gasteiger partial charge on any atom is 0.0936 e. The number of rotatable bonds is 4. The lowest BCUT2D eigenvalue weighted by Crippen LogP contribution is -2.45. The molecule has 1 saturated heterocycles. The second-order valence-electron chi connectivity index (χ2n) is 4.16. The van der Waals surface area contributed by atoms with Crippen LogP contribution in [-0.4, -0.2) is 38.5 Å². The molecule has 78 valence electrons. The van der Waals surface area contributed by atoms with E-state index in [4.69, 9.17) is 9.47 Å². The van der Waals surface area contributed by atoms with Gasteiger partial charge in [-0.2, -0.15) is 0 Å². The van der Waals surface area contributed by atoms with E-state index < -0.39 is 0 Å². The van der Waals surface area contributed by atoms with Gasteiger partial charge in [0.15, 0.2) is 0 Å². The van der Waals surface area contributed by atoms with Gasteiger partial charge in [0.1, 0.15) is 0 Å². The fourth-order valence-corrected chi connectivity index (χ4v) is 1.41. The number of ether oxygens (including phenoxy) is 2. The Morgan fingerprint density at radius 1 is 1.46 bits per heavy atom. The lowest BCUT2D eigenvalue weighted by Gasteiger charge is -2.28. The van der Waals surface area contributed by atoms with Crippen molar-refractivity contribution in [1.82, 2.24) is 5.32 Å². The third-order valence-electron chi connectivity index (χ3n) is 1.98. The van der Waals surface area contributed by atoms with Gasteiger partial charge in [-0.25, -0.2) is 0 Å². The molecule has 3 nitrogen and oxygen atoms in total. The second-order valence-corrected chi connectivity index (χ2v) is 4.16. The summed E-state index contributed by atoms with van der Waals surface area (Å²) in [5.74, 6) is 0.606. The van der Waals surface area contributed by atoms with Gasteiger partial charge in [-0.05, 0) is 12.8 Å². The van der Waals surface area contributed by atoms with Crippen molar-refractivity contribution in [3.63, 3.8) is 0 Å². The standard InChI is InChI=1S/C10H21NO2/c1-8(2)6-12-7-10-5-11-4-9(3)13-10/h8-11H,4-7H2,1-3H3. The van der Waals surface area contributed by atoms with Crippen molar-refractivity contribution < 1.29 is 9.47 Å². The van der Waals surface area contributed by atoms with Crippen LogP contribution in [0.1, 0.15) is 20.8 Å². The Kier molecular flexibility index (Phi) is 4.70. The predicted molar refractivity (Wildman–Crippen MR) is 52.9 cm³/mol. The molecule has 1 heterocycles. The van der Waals surface area contributed by atoms with Gasteiger partial charge in [0, 0.05) is 19.7 Å². The molecule has 0 saturated carbocycles. The van der Waals surface area contributed by atoms with E-state index in [1.807, 2.05) is 0 Å². The zero-order valence-electron chi connectivity index (χ0n) is 8.88. The molecule has 1 aliphatic heterocycles. The van der Waals surface area contributed by atoms with Crippen LogP contribution in [0.25, 0.3) is 0 Å². The topological polar surface area (TPSA) is 30.5 Å². The summed E-state index contributed by atoms with van der Waals surface area (Å²) in [5.41, 5.74) is 0. The summed E-state index contributed by atoms with van der Waals surface area (Å²) in [6.07, 6.45) is 0.559. The first-order valence-corrected chi connectivity index (χ1v) is 5.12. The average molecular weight is 187 g/mol. The molecule has 1 N–H and O–H groups in total. The van der Waals surface area contributed by atoms with Crippen LogP contribution in [0.5, 0.6) is 0 Å². The number of hydrogen-bond donors (Lipinski definition) is 1. The third kappa shape index (κ3) is 4.60. The molecule has 1 fully saturated rings.